The molecule has 19 heavy (non-hydrogen) atoms. The lowest BCUT2D eigenvalue weighted by Gasteiger charge is -2.37. The monoisotopic (exact) mass is 274 g/mol. The summed E-state index contributed by atoms with van der Waals surface area (Å²) >= 11 is 0. The van der Waals surface area contributed by atoms with E-state index in [1.54, 1.807) is 4.90 Å². The second-order valence-electron chi connectivity index (χ2n) is 4.75. The zero-order chi connectivity index (χ0) is 14.4. The average molecular weight is 274 g/mol. The molecule has 0 aromatic rings. The number of carbonyl (C=O) groups is 2. The van der Waals surface area contributed by atoms with Crippen LogP contribution in [0.4, 0.5) is 4.79 Å². The Balaban J connectivity index is 2.65. The number of ether oxygens (including phenoxy) is 2. The molecule has 0 saturated carbocycles. The molecule has 0 aromatic heterocycles. The number of rotatable bonds is 5. The van der Waals surface area contributed by atoms with Crippen LogP contribution in [0.15, 0.2) is 0 Å². The summed E-state index contributed by atoms with van der Waals surface area (Å²) in [5, 5.41) is 8.86. The molecular formula is C12H22N2O5. The van der Waals surface area contributed by atoms with E-state index in [2.05, 4.69) is 0 Å². The molecule has 7 nitrogen and oxygen atoms in total. The van der Waals surface area contributed by atoms with E-state index in [1.165, 1.54) is 12.0 Å². The van der Waals surface area contributed by atoms with E-state index in [9.17, 15) is 9.59 Å². The van der Waals surface area contributed by atoms with Gasteiger partial charge in [0.25, 0.3) is 0 Å². The zero-order valence-electron chi connectivity index (χ0n) is 11.7. The standard InChI is InChI=1S/C12H22N2O5/c1-9-6-14(7-10(2)19-9)12(17)13(4-5-18-3)8-11(15)16/h9-10H,4-8H2,1-3H3,(H,15,16)/t9-,10+. The molecule has 1 heterocycles. The lowest BCUT2D eigenvalue weighted by molar-refractivity contribution is -0.138. The quantitative estimate of drug-likeness (QED) is 0.777. The fourth-order valence-corrected chi connectivity index (χ4v) is 2.14. The van der Waals surface area contributed by atoms with Gasteiger partial charge >= 0.3 is 12.0 Å². The fraction of sp³-hybridized carbons (Fsp3) is 0.833. The Morgan fingerprint density at radius 1 is 1.37 bits per heavy atom. The van der Waals surface area contributed by atoms with Crippen LogP contribution in [0.5, 0.6) is 0 Å². The molecule has 0 unspecified atom stereocenters. The van der Waals surface area contributed by atoms with Crippen LogP contribution in [0.25, 0.3) is 0 Å². The third kappa shape index (κ3) is 5.04. The number of amides is 2. The van der Waals surface area contributed by atoms with Crippen molar-refractivity contribution in [2.75, 3.05) is 39.9 Å². The highest BCUT2D eigenvalue weighted by atomic mass is 16.5. The van der Waals surface area contributed by atoms with Gasteiger partial charge in [-0.1, -0.05) is 0 Å². The highest BCUT2D eigenvalue weighted by molar-refractivity contribution is 5.80. The summed E-state index contributed by atoms with van der Waals surface area (Å²) in [5.74, 6) is -1.03. The van der Waals surface area contributed by atoms with Crippen molar-refractivity contribution in [3.63, 3.8) is 0 Å². The van der Waals surface area contributed by atoms with Crippen LogP contribution in [-0.2, 0) is 14.3 Å². The maximum absolute atomic E-state index is 12.3. The van der Waals surface area contributed by atoms with Crippen LogP contribution < -0.4 is 0 Å². The maximum atomic E-state index is 12.3. The van der Waals surface area contributed by atoms with Gasteiger partial charge < -0.3 is 24.4 Å². The van der Waals surface area contributed by atoms with E-state index in [4.69, 9.17) is 14.6 Å². The number of methoxy groups -OCH3 is 1. The van der Waals surface area contributed by atoms with Crippen molar-refractivity contribution in [1.29, 1.82) is 0 Å². The number of carboxylic acids is 1. The Morgan fingerprint density at radius 3 is 2.42 bits per heavy atom. The maximum Gasteiger partial charge on any atom is 0.323 e. The molecule has 0 aliphatic carbocycles. The number of urea groups is 1. The molecule has 1 rings (SSSR count). The molecule has 2 amide bonds. The Bertz CT molecular complexity index is 313. The number of nitrogens with zero attached hydrogens (tertiary/aromatic N) is 2. The summed E-state index contributed by atoms with van der Waals surface area (Å²) in [4.78, 5) is 26.0. The van der Waals surface area contributed by atoms with Gasteiger partial charge in [0, 0.05) is 26.7 Å². The highest BCUT2D eigenvalue weighted by Gasteiger charge is 2.29. The first-order valence-corrected chi connectivity index (χ1v) is 6.34. The van der Waals surface area contributed by atoms with Crippen LogP contribution in [0.1, 0.15) is 13.8 Å². The van der Waals surface area contributed by atoms with Crippen molar-refractivity contribution in [2.24, 2.45) is 0 Å². The minimum atomic E-state index is -1.03. The molecule has 0 spiro atoms. The van der Waals surface area contributed by atoms with Gasteiger partial charge in [0.2, 0.25) is 0 Å². The molecule has 0 bridgehead atoms. The van der Waals surface area contributed by atoms with Crippen LogP contribution in [-0.4, -0.2) is 79.0 Å². The zero-order valence-corrected chi connectivity index (χ0v) is 11.7. The predicted octanol–water partition coefficient (Wildman–Crippen LogP) is 0.249. The highest BCUT2D eigenvalue weighted by Crippen LogP contribution is 2.12. The molecule has 2 atom stereocenters. The Morgan fingerprint density at radius 2 is 1.95 bits per heavy atom. The van der Waals surface area contributed by atoms with Crippen LogP contribution >= 0.6 is 0 Å². The summed E-state index contributed by atoms with van der Waals surface area (Å²) in [5.41, 5.74) is 0. The fourth-order valence-electron chi connectivity index (χ4n) is 2.14. The summed E-state index contributed by atoms with van der Waals surface area (Å²) in [6.07, 6.45) is -0.0800. The van der Waals surface area contributed by atoms with Crippen LogP contribution in [0.2, 0.25) is 0 Å². The van der Waals surface area contributed by atoms with Crippen molar-refractivity contribution < 1.29 is 24.2 Å². The summed E-state index contributed by atoms with van der Waals surface area (Å²) in [7, 11) is 1.52. The van der Waals surface area contributed by atoms with E-state index in [1.807, 2.05) is 13.8 Å². The molecule has 1 fully saturated rings. The second kappa shape index (κ2) is 7.30. The average Bonchev–Trinajstić information content (AvgIpc) is 2.32. The van der Waals surface area contributed by atoms with Gasteiger partial charge in [-0.25, -0.2) is 4.79 Å². The molecule has 110 valence electrons. The summed E-state index contributed by atoms with van der Waals surface area (Å²) < 4.78 is 10.5. The number of carboxylic acid groups (broad SMARTS) is 1. The van der Waals surface area contributed by atoms with Gasteiger partial charge in [0.05, 0.1) is 18.8 Å². The van der Waals surface area contributed by atoms with Crippen molar-refractivity contribution in [3.8, 4) is 0 Å². The van der Waals surface area contributed by atoms with Gasteiger partial charge in [0.15, 0.2) is 0 Å². The second-order valence-corrected chi connectivity index (χ2v) is 4.75. The first-order valence-electron chi connectivity index (χ1n) is 6.34. The SMILES string of the molecule is COCCN(CC(=O)O)C(=O)N1C[C@@H](C)O[C@@H](C)C1. The third-order valence-electron chi connectivity index (χ3n) is 2.85. The van der Waals surface area contributed by atoms with Crippen molar-refractivity contribution in [2.45, 2.75) is 26.1 Å². The van der Waals surface area contributed by atoms with E-state index >= 15 is 0 Å². The van der Waals surface area contributed by atoms with Crippen LogP contribution in [0, 0.1) is 0 Å². The molecular weight excluding hydrogens is 252 g/mol. The summed E-state index contributed by atoms with van der Waals surface area (Å²) in [6.45, 7) is 5.01. The van der Waals surface area contributed by atoms with Gasteiger partial charge in [-0.15, -0.1) is 0 Å². The molecule has 1 N–H and O–H groups in total. The van der Waals surface area contributed by atoms with Gasteiger partial charge in [-0.3, -0.25) is 4.79 Å². The Kier molecular flexibility index (Phi) is 6.04. The smallest absolute Gasteiger partial charge is 0.323 e. The van der Waals surface area contributed by atoms with Gasteiger partial charge in [-0.05, 0) is 13.8 Å². The Labute approximate surface area is 113 Å². The number of morpholine rings is 1. The Hall–Kier alpha value is -1.34. The van der Waals surface area contributed by atoms with Crippen LogP contribution in [0.3, 0.4) is 0 Å². The summed E-state index contributed by atoms with van der Waals surface area (Å²) in [6, 6.07) is -0.276. The van der Waals surface area contributed by atoms with E-state index in [0.29, 0.717) is 19.7 Å². The minimum Gasteiger partial charge on any atom is -0.480 e. The molecule has 1 aliphatic heterocycles. The molecule has 7 heteroatoms. The van der Waals surface area contributed by atoms with E-state index < -0.39 is 5.97 Å². The lowest BCUT2D eigenvalue weighted by Crippen LogP contribution is -2.54. The van der Waals surface area contributed by atoms with E-state index in [0.717, 1.165) is 0 Å². The minimum absolute atomic E-state index is 0.0400. The van der Waals surface area contributed by atoms with Gasteiger partial charge in [0.1, 0.15) is 6.54 Å². The first-order chi connectivity index (χ1) is 8.93. The van der Waals surface area contributed by atoms with Crippen molar-refractivity contribution >= 4 is 12.0 Å². The topological polar surface area (TPSA) is 79.3 Å². The third-order valence-corrected chi connectivity index (χ3v) is 2.85. The molecule has 0 aromatic carbocycles. The van der Waals surface area contributed by atoms with Gasteiger partial charge in [-0.2, -0.15) is 0 Å². The number of hydrogen-bond donors (Lipinski definition) is 1. The molecule has 0 radical (unpaired) electrons. The normalized spacial score (nSPS) is 23.2. The first kappa shape index (κ1) is 15.7. The van der Waals surface area contributed by atoms with Crippen molar-refractivity contribution in [3.05, 3.63) is 0 Å². The number of hydrogen-bond acceptors (Lipinski definition) is 4. The largest absolute Gasteiger partial charge is 0.480 e. The van der Waals surface area contributed by atoms with Crippen molar-refractivity contribution in [1.82, 2.24) is 9.80 Å². The molecule has 1 saturated heterocycles. The number of carbonyl (C=O) groups excluding carboxylic acids is 1. The predicted molar refractivity (Wildman–Crippen MR) is 68.1 cm³/mol. The molecule has 1 aliphatic rings. The number of aliphatic carboxylic acids is 1. The lowest BCUT2D eigenvalue weighted by atomic mass is 10.2. The van der Waals surface area contributed by atoms with E-state index in [-0.39, 0.29) is 31.3 Å².